The van der Waals surface area contributed by atoms with Gasteiger partial charge in [-0.05, 0) is 12.8 Å². The molecule has 1 aromatic heterocycles. The summed E-state index contributed by atoms with van der Waals surface area (Å²) in [4.78, 5) is 21.9. The molecule has 112 valence electrons. The predicted molar refractivity (Wildman–Crippen MR) is 79.7 cm³/mol. The number of imidazole rings is 1. The largest absolute Gasteiger partial charge is 0.337 e. The van der Waals surface area contributed by atoms with Gasteiger partial charge < -0.3 is 9.47 Å². The molecule has 1 aliphatic carbocycles. The third-order valence-electron chi connectivity index (χ3n) is 5.18. The molecule has 0 unspecified atom stereocenters. The van der Waals surface area contributed by atoms with E-state index in [0.29, 0.717) is 6.04 Å². The number of aromatic nitrogens is 2. The van der Waals surface area contributed by atoms with E-state index < -0.39 is 0 Å². The molecule has 5 nitrogen and oxygen atoms in total. The highest BCUT2D eigenvalue weighted by Crippen LogP contribution is 2.35. The molecule has 1 amide bonds. The zero-order chi connectivity index (χ0) is 14.4. The highest BCUT2D eigenvalue weighted by Gasteiger charge is 2.39. The third-order valence-corrected chi connectivity index (χ3v) is 5.18. The summed E-state index contributed by atoms with van der Waals surface area (Å²) in [6, 6.07) is 0.659. The lowest BCUT2D eigenvalue weighted by Crippen LogP contribution is -2.48. The number of nitrogens with zero attached hydrogens (tertiary/aromatic N) is 4. The second-order valence-corrected chi connectivity index (χ2v) is 6.47. The van der Waals surface area contributed by atoms with Gasteiger partial charge in [0, 0.05) is 39.3 Å². The fourth-order valence-corrected chi connectivity index (χ4v) is 3.74. The molecule has 0 aromatic carbocycles. The Morgan fingerprint density at radius 2 is 2.05 bits per heavy atom. The Kier molecular flexibility index (Phi) is 3.10. The first-order valence-corrected chi connectivity index (χ1v) is 7.92. The van der Waals surface area contributed by atoms with Crippen molar-refractivity contribution in [3.8, 4) is 0 Å². The summed E-state index contributed by atoms with van der Waals surface area (Å²) in [5, 5.41) is 0. The maximum Gasteiger partial charge on any atom is 0.233 e. The van der Waals surface area contributed by atoms with Gasteiger partial charge in [-0.2, -0.15) is 0 Å². The molecular formula is C16H22N4O. The number of hydrogen-bond donors (Lipinski definition) is 0. The van der Waals surface area contributed by atoms with E-state index in [9.17, 15) is 4.79 Å². The van der Waals surface area contributed by atoms with E-state index in [4.69, 9.17) is 0 Å². The lowest BCUT2D eigenvalue weighted by molar-refractivity contribution is -0.132. The molecular weight excluding hydrogens is 264 g/mol. The minimum atomic E-state index is -0.0539. The smallest absolute Gasteiger partial charge is 0.233 e. The first kappa shape index (κ1) is 13.1. The van der Waals surface area contributed by atoms with Gasteiger partial charge in [0.15, 0.2) is 0 Å². The Labute approximate surface area is 125 Å². The molecule has 0 saturated heterocycles. The van der Waals surface area contributed by atoms with E-state index in [1.54, 1.807) is 0 Å². The highest BCUT2D eigenvalue weighted by molar-refractivity contribution is 5.84. The monoisotopic (exact) mass is 286 g/mol. The summed E-state index contributed by atoms with van der Waals surface area (Å²) < 4.78 is 2.04. The second-order valence-electron chi connectivity index (χ2n) is 6.47. The minimum Gasteiger partial charge on any atom is -0.337 e. The molecule has 3 aliphatic rings. The molecule has 0 N–H and O–H groups in total. The maximum absolute atomic E-state index is 12.9. The molecule has 1 fully saturated rings. The summed E-state index contributed by atoms with van der Waals surface area (Å²) >= 11 is 0. The van der Waals surface area contributed by atoms with Crippen molar-refractivity contribution < 1.29 is 4.79 Å². The molecule has 2 aliphatic heterocycles. The molecule has 3 heterocycles. The van der Waals surface area contributed by atoms with Gasteiger partial charge in [-0.1, -0.05) is 18.6 Å². The molecule has 1 atom stereocenters. The number of amides is 1. The SMILES string of the molecule is Cn1cnc2c1[C@@H](C(=O)N1CC=CC1)CN(C1CCC1)C2. The van der Waals surface area contributed by atoms with Crippen LogP contribution in [-0.2, 0) is 18.4 Å². The van der Waals surface area contributed by atoms with E-state index in [2.05, 4.69) is 22.0 Å². The molecule has 21 heavy (non-hydrogen) atoms. The van der Waals surface area contributed by atoms with Crippen molar-refractivity contribution in [2.75, 3.05) is 19.6 Å². The van der Waals surface area contributed by atoms with Crippen LogP contribution in [-0.4, -0.2) is 50.9 Å². The van der Waals surface area contributed by atoms with Gasteiger partial charge in [-0.25, -0.2) is 4.98 Å². The van der Waals surface area contributed by atoms with Crippen LogP contribution in [0.3, 0.4) is 0 Å². The van der Waals surface area contributed by atoms with Crippen LogP contribution in [0, 0.1) is 0 Å². The summed E-state index contributed by atoms with van der Waals surface area (Å²) in [5.41, 5.74) is 2.23. The molecule has 0 spiro atoms. The molecule has 4 rings (SSSR count). The quantitative estimate of drug-likeness (QED) is 0.769. The summed E-state index contributed by atoms with van der Waals surface area (Å²) in [6.45, 7) is 3.27. The normalized spacial score (nSPS) is 26.0. The topological polar surface area (TPSA) is 41.4 Å². The average Bonchev–Trinajstić information content (AvgIpc) is 3.06. The Hall–Kier alpha value is -1.62. The van der Waals surface area contributed by atoms with Gasteiger partial charge >= 0.3 is 0 Å². The van der Waals surface area contributed by atoms with Crippen LogP contribution in [0.4, 0.5) is 0 Å². The summed E-state index contributed by atoms with van der Waals surface area (Å²) in [7, 11) is 2.01. The Morgan fingerprint density at radius 1 is 1.29 bits per heavy atom. The number of aryl methyl sites for hydroxylation is 1. The molecule has 5 heteroatoms. The number of fused-ring (bicyclic) bond motifs is 1. The van der Waals surface area contributed by atoms with Crippen molar-refractivity contribution >= 4 is 5.91 Å². The first-order chi connectivity index (χ1) is 10.2. The van der Waals surface area contributed by atoms with Crippen molar-refractivity contribution in [2.24, 2.45) is 7.05 Å². The van der Waals surface area contributed by atoms with Crippen molar-refractivity contribution in [2.45, 2.75) is 37.8 Å². The predicted octanol–water partition coefficient (Wildman–Crippen LogP) is 1.27. The fourth-order valence-electron chi connectivity index (χ4n) is 3.74. The minimum absolute atomic E-state index is 0.0539. The van der Waals surface area contributed by atoms with Crippen molar-refractivity contribution in [3.05, 3.63) is 29.9 Å². The second kappa shape index (κ2) is 4.98. The van der Waals surface area contributed by atoms with Crippen molar-refractivity contribution in [1.29, 1.82) is 0 Å². The van der Waals surface area contributed by atoms with Crippen LogP contribution in [0.2, 0.25) is 0 Å². The van der Waals surface area contributed by atoms with Gasteiger partial charge in [0.25, 0.3) is 0 Å². The summed E-state index contributed by atoms with van der Waals surface area (Å²) in [6.07, 6.45) is 9.88. The molecule has 0 bridgehead atoms. The van der Waals surface area contributed by atoms with Gasteiger partial charge in [-0.3, -0.25) is 9.69 Å². The Morgan fingerprint density at radius 3 is 2.71 bits per heavy atom. The van der Waals surface area contributed by atoms with Crippen LogP contribution in [0.15, 0.2) is 18.5 Å². The number of carbonyl (C=O) groups is 1. The van der Waals surface area contributed by atoms with Gasteiger partial charge in [-0.15, -0.1) is 0 Å². The number of hydrogen-bond acceptors (Lipinski definition) is 3. The van der Waals surface area contributed by atoms with Crippen molar-refractivity contribution in [3.63, 3.8) is 0 Å². The van der Waals surface area contributed by atoms with Crippen LogP contribution in [0.25, 0.3) is 0 Å². The maximum atomic E-state index is 12.9. The third kappa shape index (κ3) is 2.11. The molecule has 1 saturated carbocycles. The number of carbonyl (C=O) groups excluding carboxylic acids is 1. The van der Waals surface area contributed by atoms with E-state index >= 15 is 0 Å². The molecule has 0 radical (unpaired) electrons. The van der Waals surface area contributed by atoms with Crippen molar-refractivity contribution in [1.82, 2.24) is 19.4 Å². The van der Waals surface area contributed by atoms with Crippen LogP contribution in [0.5, 0.6) is 0 Å². The van der Waals surface area contributed by atoms with Gasteiger partial charge in [0.05, 0.1) is 23.6 Å². The number of rotatable bonds is 2. The lowest BCUT2D eigenvalue weighted by Gasteiger charge is -2.42. The van der Waals surface area contributed by atoms with Crippen LogP contribution >= 0.6 is 0 Å². The zero-order valence-corrected chi connectivity index (χ0v) is 12.5. The van der Waals surface area contributed by atoms with Gasteiger partial charge in [0.1, 0.15) is 0 Å². The fraction of sp³-hybridized carbons (Fsp3) is 0.625. The van der Waals surface area contributed by atoms with Gasteiger partial charge in [0.2, 0.25) is 5.91 Å². The standard InChI is InChI=1S/C16H22N4O/c1-18-11-17-14-10-20(12-5-4-6-12)9-13(15(14)18)16(21)19-7-2-3-8-19/h2-3,11-13H,4-10H2,1H3/t13-/m0/s1. The average molecular weight is 286 g/mol. The van der Waals surface area contributed by atoms with E-state index in [0.717, 1.165) is 37.6 Å². The first-order valence-electron chi connectivity index (χ1n) is 7.92. The van der Waals surface area contributed by atoms with E-state index in [-0.39, 0.29) is 11.8 Å². The lowest BCUT2D eigenvalue weighted by atomic mass is 9.87. The Bertz CT molecular complexity index is 579. The molecule has 1 aromatic rings. The zero-order valence-electron chi connectivity index (χ0n) is 12.5. The van der Waals surface area contributed by atoms with Crippen LogP contribution < -0.4 is 0 Å². The van der Waals surface area contributed by atoms with E-state index in [1.165, 1.54) is 19.3 Å². The van der Waals surface area contributed by atoms with Crippen LogP contribution in [0.1, 0.15) is 36.6 Å². The highest BCUT2D eigenvalue weighted by atomic mass is 16.2. The Balaban J connectivity index is 1.63. The summed E-state index contributed by atoms with van der Waals surface area (Å²) in [5.74, 6) is 0.204. The van der Waals surface area contributed by atoms with E-state index in [1.807, 2.05) is 22.8 Å².